The molecule has 0 N–H and O–H groups in total. The van der Waals surface area contributed by atoms with Crippen molar-refractivity contribution in [2.75, 3.05) is 9.80 Å². The Morgan fingerprint density at radius 1 is 0.203 bits per heavy atom. The van der Waals surface area contributed by atoms with Gasteiger partial charge in [0.25, 0.3) is 0 Å². The van der Waals surface area contributed by atoms with Gasteiger partial charge in [-0.3, -0.25) is 0 Å². The first-order chi connectivity index (χ1) is 36.7. The van der Waals surface area contributed by atoms with E-state index in [1.54, 1.807) is 0 Å². The zero-order chi connectivity index (χ0) is 48.7. The standard InChI is InChI=1S/C70H46N4/c1-5-20-55(21-6-1)71(61-43-53-32-30-49-16-14-28-63-67(49)69(53)65(45-61)73(63)57-24-9-3-10-25-57)59-38-34-47(35-39-59)51-18-13-19-52(42-51)48-36-40-60(41-37-48)72(56-22-7-2-8-23-56)62-44-54-33-31-50-17-15-29-64-68(50)70(54)66(46-62)74(64)58-26-11-4-12-27-58/h1-46H. The molecule has 2 heterocycles. The molecule has 0 unspecified atom stereocenters. The highest BCUT2D eigenvalue weighted by Crippen LogP contribution is 2.46. The molecule has 13 aromatic carbocycles. The van der Waals surface area contributed by atoms with Crippen molar-refractivity contribution in [3.63, 3.8) is 0 Å². The molecule has 0 fully saturated rings. The molecular formula is C70H46N4. The fraction of sp³-hybridized carbons (Fsp3) is 0. The minimum absolute atomic E-state index is 1.09. The van der Waals surface area contributed by atoms with E-state index < -0.39 is 0 Å². The van der Waals surface area contributed by atoms with Crippen LogP contribution in [0.1, 0.15) is 0 Å². The van der Waals surface area contributed by atoms with Crippen molar-refractivity contribution >= 4 is 99.3 Å². The molecule has 4 nitrogen and oxygen atoms in total. The highest BCUT2D eigenvalue weighted by Gasteiger charge is 2.23. The Bertz CT molecular complexity index is 4210. The van der Waals surface area contributed by atoms with Crippen molar-refractivity contribution in [3.05, 3.63) is 279 Å². The van der Waals surface area contributed by atoms with Crippen LogP contribution >= 0.6 is 0 Å². The minimum atomic E-state index is 1.09. The molecule has 0 aliphatic rings. The Morgan fingerprint density at radius 2 is 0.554 bits per heavy atom. The largest absolute Gasteiger partial charge is 0.310 e. The Morgan fingerprint density at radius 3 is 0.973 bits per heavy atom. The molecule has 74 heavy (non-hydrogen) atoms. The summed E-state index contributed by atoms with van der Waals surface area (Å²) in [6.45, 7) is 0. The van der Waals surface area contributed by atoms with E-state index in [9.17, 15) is 0 Å². The molecule has 0 spiro atoms. The average molecular weight is 943 g/mol. The van der Waals surface area contributed by atoms with Gasteiger partial charge in [-0.1, -0.05) is 164 Å². The maximum absolute atomic E-state index is 2.43. The molecule has 0 amide bonds. The lowest BCUT2D eigenvalue weighted by Crippen LogP contribution is -2.10. The second-order valence-corrected chi connectivity index (χ2v) is 19.4. The number of hydrogen-bond acceptors (Lipinski definition) is 2. The van der Waals surface area contributed by atoms with Crippen LogP contribution in [0.4, 0.5) is 34.1 Å². The number of aromatic nitrogens is 2. The molecular weight excluding hydrogens is 897 g/mol. The number of hydrogen-bond donors (Lipinski definition) is 0. The summed E-state index contributed by atoms with van der Waals surface area (Å²) in [5.74, 6) is 0. The van der Waals surface area contributed by atoms with Gasteiger partial charge in [0, 0.05) is 67.0 Å². The van der Waals surface area contributed by atoms with Crippen LogP contribution < -0.4 is 9.80 Å². The molecule has 4 heteroatoms. The van der Waals surface area contributed by atoms with Crippen molar-refractivity contribution in [2.45, 2.75) is 0 Å². The van der Waals surface area contributed by atoms with E-state index in [0.717, 1.165) is 56.6 Å². The molecule has 15 rings (SSSR count). The second kappa shape index (κ2) is 16.9. The number of rotatable bonds is 10. The highest BCUT2D eigenvalue weighted by atomic mass is 15.2. The Balaban J connectivity index is 0.785. The van der Waals surface area contributed by atoms with Crippen molar-refractivity contribution < 1.29 is 0 Å². The monoisotopic (exact) mass is 942 g/mol. The first-order valence-corrected chi connectivity index (χ1v) is 25.4. The first-order valence-electron chi connectivity index (χ1n) is 25.4. The van der Waals surface area contributed by atoms with Gasteiger partial charge in [0.2, 0.25) is 0 Å². The van der Waals surface area contributed by atoms with Crippen LogP contribution in [0.2, 0.25) is 0 Å². The highest BCUT2D eigenvalue weighted by molar-refractivity contribution is 6.26. The summed E-state index contributed by atoms with van der Waals surface area (Å²) in [6, 6.07) is 102. The maximum atomic E-state index is 2.43. The zero-order valence-corrected chi connectivity index (χ0v) is 40.3. The third-order valence-corrected chi connectivity index (χ3v) is 15.1. The molecule has 0 saturated heterocycles. The van der Waals surface area contributed by atoms with Gasteiger partial charge in [0.15, 0.2) is 0 Å². The van der Waals surface area contributed by atoms with Gasteiger partial charge in [-0.2, -0.15) is 0 Å². The lowest BCUT2D eigenvalue weighted by atomic mass is 9.98. The van der Waals surface area contributed by atoms with Crippen LogP contribution in [-0.4, -0.2) is 9.13 Å². The summed E-state index contributed by atoms with van der Waals surface area (Å²) in [4.78, 5) is 4.77. The van der Waals surface area contributed by atoms with E-state index in [1.165, 1.54) is 76.3 Å². The van der Waals surface area contributed by atoms with Crippen molar-refractivity contribution in [2.24, 2.45) is 0 Å². The van der Waals surface area contributed by atoms with E-state index in [-0.39, 0.29) is 0 Å². The summed E-state index contributed by atoms with van der Waals surface area (Å²) in [5.41, 5.74) is 18.4. The Kier molecular flexibility index (Phi) is 9.54. The van der Waals surface area contributed by atoms with E-state index in [2.05, 4.69) is 298 Å². The molecule has 0 bridgehead atoms. The molecule has 0 aliphatic heterocycles. The van der Waals surface area contributed by atoms with Crippen LogP contribution in [0, 0.1) is 0 Å². The zero-order valence-electron chi connectivity index (χ0n) is 40.3. The SMILES string of the molecule is c1ccc(N(c2ccc(-c3cccc(-c4ccc(N(c5ccccc5)c5cc6ccc7cccc8c7c6c(c5)n8-c5ccccc5)cc4)c3)cc2)c2cc3ccc4cccc5c4c3c(c2)n5-c2ccccc2)cc1. The Hall–Kier alpha value is -9.90. The fourth-order valence-electron chi connectivity index (χ4n) is 11.9. The quantitative estimate of drug-likeness (QED) is 0.127. The summed E-state index contributed by atoms with van der Waals surface area (Å²) in [7, 11) is 0. The van der Waals surface area contributed by atoms with Crippen LogP contribution in [0.5, 0.6) is 0 Å². The van der Waals surface area contributed by atoms with Crippen LogP contribution in [0.3, 0.4) is 0 Å². The normalized spacial score (nSPS) is 11.8. The van der Waals surface area contributed by atoms with Crippen LogP contribution in [0.15, 0.2) is 279 Å². The molecule has 346 valence electrons. The molecule has 0 atom stereocenters. The third kappa shape index (κ3) is 6.69. The van der Waals surface area contributed by atoms with Gasteiger partial charge in [0.05, 0.1) is 22.1 Å². The van der Waals surface area contributed by atoms with Crippen molar-refractivity contribution in [1.29, 1.82) is 0 Å². The first kappa shape index (κ1) is 41.8. The Labute approximate surface area is 428 Å². The smallest absolute Gasteiger partial charge is 0.0568 e. The average Bonchev–Trinajstić information content (AvgIpc) is 4.00. The predicted octanol–water partition coefficient (Wildman–Crippen LogP) is 19.3. The predicted molar refractivity (Wildman–Crippen MR) is 313 cm³/mol. The maximum Gasteiger partial charge on any atom is 0.0568 e. The van der Waals surface area contributed by atoms with E-state index in [0.29, 0.717) is 0 Å². The lowest BCUT2D eigenvalue weighted by molar-refractivity contribution is 1.18. The summed E-state index contributed by atoms with van der Waals surface area (Å²) in [5, 5.41) is 10.2. The summed E-state index contributed by atoms with van der Waals surface area (Å²) < 4.78 is 4.85. The number of benzene rings is 13. The number of nitrogens with zero attached hydrogens (tertiary/aromatic N) is 4. The van der Waals surface area contributed by atoms with Crippen LogP contribution in [0.25, 0.3) is 98.8 Å². The van der Waals surface area contributed by atoms with Gasteiger partial charge >= 0.3 is 0 Å². The van der Waals surface area contributed by atoms with Gasteiger partial charge in [-0.15, -0.1) is 0 Å². The summed E-state index contributed by atoms with van der Waals surface area (Å²) >= 11 is 0. The van der Waals surface area contributed by atoms with E-state index >= 15 is 0 Å². The molecule has 15 aromatic rings. The minimum Gasteiger partial charge on any atom is -0.310 e. The second-order valence-electron chi connectivity index (χ2n) is 19.4. The van der Waals surface area contributed by atoms with Gasteiger partial charge in [0.1, 0.15) is 0 Å². The van der Waals surface area contributed by atoms with Crippen LogP contribution in [-0.2, 0) is 0 Å². The van der Waals surface area contributed by atoms with E-state index in [1.807, 2.05) is 0 Å². The molecule has 0 saturated carbocycles. The lowest BCUT2D eigenvalue weighted by Gasteiger charge is -2.26. The fourth-order valence-corrected chi connectivity index (χ4v) is 11.9. The number of para-hydroxylation sites is 4. The van der Waals surface area contributed by atoms with Crippen molar-refractivity contribution in [1.82, 2.24) is 9.13 Å². The van der Waals surface area contributed by atoms with E-state index in [4.69, 9.17) is 0 Å². The molecule has 2 aromatic heterocycles. The van der Waals surface area contributed by atoms with Crippen molar-refractivity contribution in [3.8, 4) is 33.6 Å². The molecule has 0 radical (unpaired) electrons. The van der Waals surface area contributed by atoms with Gasteiger partial charge < -0.3 is 18.9 Å². The van der Waals surface area contributed by atoms with Gasteiger partial charge in [-0.25, -0.2) is 0 Å². The number of anilines is 6. The molecule has 0 aliphatic carbocycles. The topological polar surface area (TPSA) is 16.3 Å². The third-order valence-electron chi connectivity index (χ3n) is 15.1. The summed E-state index contributed by atoms with van der Waals surface area (Å²) in [6.07, 6.45) is 0. The van der Waals surface area contributed by atoms with Gasteiger partial charge in [-0.05, 0) is 159 Å².